The third-order valence-corrected chi connectivity index (χ3v) is 2.52. The van der Waals surface area contributed by atoms with Crippen molar-refractivity contribution in [2.45, 2.75) is 6.92 Å². The number of carbonyl (C=O) groups is 2. The molecule has 0 fully saturated rings. The van der Waals surface area contributed by atoms with Crippen LogP contribution in [0.15, 0.2) is 42.5 Å². The molecular formula is C14H14ClNO3. The van der Waals surface area contributed by atoms with Gasteiger partial charge in [-0.25, -0.2) is 4.79 Å². The van der Waals surface area contributed by atoms with E-state index in [1.54, 1.807) is 24.3 Å². The number of allylic oxidation sites excluding steroid dienone is 3. The smallest absolute Gasteiger partial charge is 0.339 e. The summed E-state index contributed by atoms with van der Waals surface area (Å²) in [4.78, 5) is 23.0. The number of esters is 1. The van der Waals surface area contributed by atoms with Crippen LogP contribution in [0.4, 0.5) is 5.69 Å². The van der Waals surface area contributed by atoms with Gasteiger partial charge in [0.25, 0.3) is 0 Å². The van der Waals surface area contributed by atoms with Crippen LogP contribution in [0.1, 0.15) is 17.3 Å². The Hall–Kier alpha value is -2.07. The average Bonchev–Trinajstić information content (AvgIpc) is 2.40. The maximum atomic E-state index is 11.5. The molecule has 0 saturated heterocycles. The van der Waals surface area contributed by atoms with Gasteiger partial charge in [0.05, 0.1) is 17.7 Å². The molecule has 100 valence electrons. The molecule has 1 aromatic rings. The molecule has 0 spiro atoms. The highest BCUT2D eigenvalue weighted by atomic mass is 35.5. The fourth-order valence-electron chi connectivity index (χ4n) is 1.31. The molecule has 0 heterocycles. The number of amides is 1. The maximum Gasteiger partial charge on any atom is 0.339 e. The van der Waals surface area contributed by atoms with E-state index in [0.717, 1.165) is 0 Å². The van der Waals surface area contributed by atoms with E-state index in [4.69, 9.17) is 11.6 Å². The zero-order valence-electron chi connectivity index (χ0n) is 10.6. The van der Waals surface area contributed by atoms with Crippen molar-refractivity contribution in [3.8, 4) is 0 Å². The quantitative estimate of drug-likeness (QED) is 0.523. The highest BCUT2D eigenvalue weighted by Crippen LogP contribution is 2.21. The number of halogens is 1. The molecule has 0 aliphatic carbocycles. The molecule has 0 atom stereocenters. The Morgan fingerprint density at radius 3 is 2.68 bits per heavy atom. The van der Waals surface area contributed by atoms with Crippen LogP contribution in [0.3, 0.4) is 0 Å². The van der Waals surface area contributed by atoms with E-state index in [9.17, 15) is 9.59 Å². The second kappa shape index (κ2) is 7.38. The van der Waals surface area contributed by atoms with Crippen LogP contribution >= 0.6 is 11.6 Å². The number of hydrogen-bond donors (Lipinski definition) is 1. The van der Waals surface area contributed by atoms with Crippen molar-refractivity contribution in [3.05, 3.63) is 53.1 Å². The van der Waals surface area contributed by atoms with Crippen molar-refractivity contribution < 1.29 is 14.3 Å². The summed E-state index contributed by atoms with van der Waals surface area (Å²) >= 11 is 5.87. The van der Waals surface area contributed by atoms with E-state index < -0.39 is 5.97 Å². The molecule has 19 heavy (non-hydrogen) atoms. The monoisotopic (exact) mass is 279 g/mol. The minimum absolute atomic E-state index is 0.208. The number of ether oxygens (including phenoxy) is 1. The summed E-state index contributed by atoms with van der Waals surface area (Å²) in [5.74, 6) is -0.846. The van der Waals surface area contributed by atoms with Crippen molar-refractivity contribution in [1.82, 2.24) is 0 Å². The Morgan fingerprint density at radius 2 is 2.05 bits per heavy atom. The van der Waals surface area contributed by atoms with Gasteiger partial charge in [-0.15, -0.1) is 0 Å². The Labute approximate surface area is 116 Å². The topological polar surface area (TPSA) is 55.4 Å². The first-order valence-corrected chi connectivity index (χ1v) is 5.94. The van der Waals surface area contributed by atoms with E-state index in [1.807, 2.05) is 6.92 Å². The highest BCUT2D eigenvalue weighted by molar-refractivity contribution is 6.33. The predicted octanol–water partition coefficient (Wildman–Crippen LogP) is 3.20. The van der Waals surface area contributed by atoms with Crippen LogP contribution in [0.5, 0.6) is 0 Å². The van der Waals surface area contributed by atoms with Gasteiger partial charge in [-0.05, 0) is 25.1 Å². The standard InChI is InChI=1S/C14H14ClNO3/c1-3-4-5-6-13(17)16-10-7-8-12(15)11(9-10)14(18)19-2/h3-9H,1-2H3,(H,16,17)/b4-3+,6-5+. The summed E-state index contributed by atoms with van der Waals surface area (Å²) in [5.41, 5.74) is 0.680. The van der Waals surface area contributed by atoms with E-state index in [0.29, 0.717) is 5.69 Å². The predicted molar refractivity (Wildman–Crippen MR) is 75.4 cm³/mol. The van der Waals surface area contributed by atoms with Gasteiger partial charge in [-0.3, -0.25) is 4.79 Å². The van der Waals surface area contributed by atoms with Crippen LogP contribution in [0, 0.1) is 0 Å². The lowest BCUT2D eigenvalue weighted by Gasteiger charge is -2.06. The zero-order valence-corrected chi connectivity index (χ0v) is 11.4. The molecule has 0 aromatic heterocycles. The molecule has 0 bridgehead atoms. The number of methoxy groups -OCH3 is 1. The lowest BCUT2D eigenvalue weighted by molar-refractivity contribution is -0.111. The van der Waals surface area contributed by atoms with E-state index in [-0.39, 0.29) is 16.5 Å². The van der Waals surface area contributed by atoms with Gasteiger partial charge in [0.2, 0.25) is 5.91 Å². The van der Waals surface area contributed by atoms with Crippen molar-refractivity contribution >= 4 is 29.2 Å². The van der Waals surface area contributed by atoms with Gasteiger partial charge in [0.15, 0.2) is 0 Å². The largest absolute Gasteiger partial charge is 0.465 e. The van der Waals surface area contributed by atoms with Crippen molar-refractivity contribution in [1.29, 1.82) is 0 Å². The summed E-state index contributed by atoms with van der Waals surface area (Å²) in [6.45, 7) is 1.85. The minimum Gasteiger partial charge on any atom is -0.465 e. The molecule has 0 saturated carbocycles. The van der Waals surface area contributed by atoms with Gasteiger partial charge in [0.1, 0.15) is 0 Å². The highest BCUT2D eigenvalue weighted by Gasteiger charge is 2.11. The summed E-state index contributed by atoms with van der Waals surface area (Å²) < 4.78 is 4.60. The van der Waals surface area contributed by atoms with E-state index >= 15 is 0 Å². The van der Waals surface area contributed by atoms with E-state index in [1.165, 1.54) is 25.3 Å². The van der Waals surface area contributed by atoms with Crippen LogP contribution in [-0.2, 0) is 9.53 Å². The molecule has 0 unspecified atom stereocenters. The third-order valence-electron chi connectivity index (χ3n) is 2.19. The Bertz CT molecular complexity index is 535. The molecule has 1 rings (SSSR count). The molecule has 1 amide bonds. The molecule has 1 aromatic carbocycles. The Morgan fingerprint density at radius 1 is 1.32 bits per heavy atom. The minimum atomic E-state index is -0.550. The van der Waals surface area contributed by atoms with Gasteiger partial charge in [-0.2, -0.15) is 0 Å². The molecule has 0 aliphatic heterocycles. The number of hydrogen-bond acceptors (Lipinski definition) is 3. The third kappa shape index (κ3) is 4.60. The Balaban J connectivity index is 2.85. The van der Waals surface area contributed by atoms with Gasteiger partial charge in [-0.1, -0.05) is 29.8 Å². The summed E-state index contributed by atoms with van der Waals surface area (Å²) in [7, 11) is 1.27. The second-order valence-electron chi connectivity index (χ2n) is 3.56. The average molecular weight is 280 g/mol. The first-order valence-electron chi connectivity index (χ1n) is 5.56. The first kappa shape index (κ1) is 15.0. The van der Waals surface area contributed by atoms with Gasteiger partial charge < -0.3 is 10.1 Å². The number of anilines is 1. The molecule has 0 aliphatic rings. The fraction of sp³-hybridized carbons (Fsp3) is 0.143. The SMILES string of the molecule is C/C=C/C=C/C(=O)Nc1ccc(Cl)c(C(=O)OC)c1. The first-order chi connectivity index (χ1) is 9.08. The molecule has 0 radical (unpaired) electrons. The molecule has 4 nitrogen and oxygen atoms in total. The molecule has 5 heteroatoms. The zero-order chi connectivity index (χ0) is 14.3. The van der Waals surface area contributed by atoms with Crippen LogP contribution < -0.4 is 5.32 Å². The van der Waals surface area contributed by atoms with Crippen molar-refractivity contribution in [2.75, 3.05) is 12.4 Å². The molecular weight excluding hydrogens is 266 g/mol. The molecule has 1 N–H and O–H groups in total. The van der Waals surface area contributed by atoms with Crippen LogP contribution in [0.25, 0.3) is 0 Å². The van der Waals surface area contributed by atoms with Crippen LogP contribution in [-0.4, -0.2) is 19.0 Å². The summed E-state index contributed by atoms with van der Waals surface area (Å²) in [5, 5.41) is 2.89. The lowest BCUT2D eigenvalue weighted by Crippen LogP contribution is -2.09. The van der Waals surface area contributed by atoms with Crippen LogP contribution in [0.2, 0.25) is 5.02 Å². The number of rotatable bonds is 4. The van der Waals surface area contributed by atoms with Gasteiger partial charge >= 0.3 is 5.97 Å². The Kier molecular flexibility index (Phi) is 5.82. The lowest BCUT2D eigenvalue weighted by atomic mass is 10.2. The summed E-state index contributed by atoms with van der Waals surface area (Å²) in [6, 6.07) is 4.60. The number of benzene rings is 1. The van der Waals surface area contributed by atoms with Gasteiger partial charge in [0, 0.05) is 11.8 Å². The summed E-state index contributed by atoms with van der Waals surface area (Å²) in [6.07, 6.45) is 6.54. The number of nitrogens with one attached hydrogen (secondary N) is 1. The normalized spacial score (nSPS) is 10.9. The van der Waals surface area contributed by atoms with Crippen molar-refractivity contribution in [2.24, 2.45) is 0 Å². The maximum absolute atomic E-state index is 11.5. The van der Waals surface area contributed by atoms with Crippen molar-refractivity contribution in [3.63, 3.8) is 0 Å². The number of carbonyl (C=O) groups excluding carboxylic acids is 2. The second-order valence-corrected chi connectivity index (χ2v) is 3.97. The fourth-order valence-corrected chi connectivity index (χ4v) is 1.50. The van der Waals surface area contributed by atoms with E-state index in [2.05, 4.69) is 10.1 Å².